The van der Waals surface area contributed by atoms with Gasteiger partial charge in [0.1, 0.15) is 0 Å². The van der Waals surface area contributed by atoms with Crippen LogP contribution in [-0.4, -0.2) is 72.6 Å². The van der Waals surface area contributed by atoms with Gasteiger partial charge in [-0.1, -0.05) is 0 Å². The highest BCUT2D eigenvalue weighted by molar-refractivity contribution is 5.86. The van der Waals surface area contributed by atoms with Crippen molar-refractivity contribution in [3.05, 3.63) is 0 Å². The Morgan fingerprint density at radius 1 is 1.18 bits per heavy atom. The van der Waals surface area contributed by atoms with Gasteiger partial charge >= 0.3 is 5.97 Å². The fraction of sp³-hybridized carbons (Fsp3) is 0.800. The summed E-state index contributed by atoms with van der Waals surface area (Å²) in [5.74, 6) is -1.46. The summed E-state index contributed by atoms with van der Waals surface area (Å²) in [7, 11) is 1.64. The highest BCUT2D eigenvalue weighted by atomic mass is 16.5. The standard InChI is InChI=1S/C15H24N2O5/c1-16(14(19)12-3-2-8-22-10-12)9-13(18)17-6-4-11(5-7-17)15(20)21/h11-12H,2-10H2,1H3,(H,20,21). The van der Waals surface area contributed by atoms with Crippen molar-refractivity contribution in [2.24, 2.45) is 11.8 Å². The molecule has 0 aromatic carbocycles. The largest absolute Gasteiger partial charge is 0.481 e. The fourth-order valence-electron chi connectivity index (χ4n) is 3.00. The number of aliphatic carboxylic acids is 1. The van der Waals surface area contributed by atoms with E-state index in [1.807, 2.05) is 0 Å². The Bertz CT molecular complexity index is 426. The second-order valence-electron chi connectivity index (χ2n) is 6.10. The van der Waals surface area contributed by atoms with Gasteiger partial charge < -0.3 is 19.6 Å². The first-order valence-electron chi connectivity index (χ1n) is 7.82. The van der Waals surface area contributed by atoms with E-state index in [2.05, 4.69) is 0 Å². The minimum atomic E-state index is -0.795. The molecule has 124 valence electrons. The van der Waals surface area contributed by atoms with E-state index < -0.39 is 5.97 Å². The maximum absolute atomic E-state index is 12.3. The molecule has 1 N–H and O–H groups in total. The number of ether oxygens (including phenoxy) is 1. The summed E-state index contributed by atoms with van der Waals surface area (Å²) >= 11 is 0. The Morgan fingerprint density at radius 3 is 2.41 bits per heavy atom. The van der Waals surface area contributed by atoms with E-state index in [-0.39, 0.29) is 30.2 Å². The SMILES string of the molecule is CN(CC(=O)N1CCC(C(=O)O)CC1)C(=O)C1CCCOC1. The molecule has 2 saturated heterocycles. The number of nitrogens with zero attached hydrogens (tertiary/aromatic N) is 2. The monoisotopic (exact) mass is 312 g/mol. The predicted octanol–water partition coefficient (Wildman–Crippen LogP) is 0.195. The Labute approximate surface area is 130 Å². The fourth-order valence-corrected chi connectivity index (χ4v) is 3.00. The third-order valence-electron chi connectivity index (χ3n) is 4.46. The number of piperidine rings is 1. The Kier molecular flexibility index (Phi) is 5.76. The van der Waals surface area contributed by atoms with Gasteiger partial charge in [-0.2, -0.15) is 0 Å². The number of carbonyl (C=O) groups excluding carboxylic acids is 2. The van der Waals surface area contributed by atoms with Crippen molar-refractivity contribution >= 4 is 17.8 Å². The lowest BCUT2D eigenvalue weighted by Gasteiger charge is -2.32. The minimum Gasteiger partial charge on any atom is -0.481 e. The van der Waals surface area contributed by atoms with Crippen LogP contribution in [-0.2, 0) is 19.1 Å². The molecule has 2 fully saturated rings. The minimum absolute atomic E-state index is 0.0477. The van der Waals surface area contributed by atoms with Gasteiger partial charge in [0.2, 0.25) is 11.8 Å². The Hall–Kier alpha value is -1.63. The topological polar surface area (TPSA) is 87.2 Å². The molecule has 0 bridgehead atoms. The predicted molar refractivity (Wildman–Crippen MR) is 78.1 cm³/mol. The lowest BCUT2D eigenvalue weighted by molar-refractivity contribution is -0.147. The van der Waals surface area contributed by atoms with Crippen LogP contribution in [0.2, 0.25) is 0 Å². The molecule has 2 amide bonds. The first-order chi connectivity index (χ1) is 10.5. The van der Waals surface area contributed by atoms with E-state index in [1.165, 1.54) is 4.90 Å². The van der Waals surface area contributed by atoms with Crippen LogP contribution >= 0.6 is 0 Å². The number of likely N-dealkylation sites (tertiary alicyclic amines) is 1. The normalized spacial score (nSPS) is 23.1. The van der Waals surface area contributed by atoms with Crippen molar-refractivity contribution in [1.82, 2.24) is 9.80 Å². The molecular weight excluding hydrogens is 288 g/mol. The highest BCUT2D eigenvalue weighted by Gasteiger charge is 2.30. The molecule has 0 aliphatic carbocycles. The van der Waals surface area contributed by atoms with Gasteiger partial charge in [0.05, 0.1) is 25.0 Å². The molecule has 2 aliphatic heterocycles. The third-order valence-corrected chi connectivity index (χ3v) is 4.46. The van der Waals surface area contributed by atoms with Crippen molar-refractivity contribution < 1.29 is 24.2 Å². The second kappa shape index (κ2) is 7.58. The van der Waals surface area contributed by atoms with E-state index in [0.717, 1.165) is 12.8 Å². The molecular formula is C15H24N2O5. The molecule has 22 heavy (non-hydrogen) atoms. The van der Waals surface area contributed by atoms with Crippen LogP contribution < -0.4 is 0 Å². The van der Waals surface area contributed by atoms with Gasteiger partial charge in [0.25, 0.3) is 0 Å². The van der Waals surface area contributed by atoms with Crippen LogP contribution in [0.3, 0.4) is 0 Å². The third kappa shape index (κ3) is 4.19. The summed E-state index contributed by atoms with van der Waals surface area (Å²) in [5.41, 5.74) is 0. The molecule has 2 rings (SSSR count). The van der Waals surface area contributed by atoms with E-state index >= 15 is 0 Å². The van der Waals surface area contributed by atoms with Crippen LogP contribution in [0, 0.1) is 11.8 Å². The number of amides is 2. The zero-order chi connectivity index (χ0) is 16.1. The average Bonchev–Trinajstić information content (AvgIpc) is 2.54. The molecule has 0 radical (unpaired) electrons. The van der Waals surface area contributed by atoms with Crippen LogP contribution in [0.25, 0.3) is 0 Å². The highest BCUT2D eigenvalue weighted by Crippen LogP contribution is 2.18. The average molecular weight is 312 g/mol. The van der Waals surface area contributed by atoms with Crippen LogP contribution in [0.15, 0.2) is 0 Å². The van der Waals surface area contributed by atoms with Gasteiger partial charge in [-0.05, 0) is 25.7 Å². The molecule has 0 aromatic rings. The number of likely N-dealkylation sites (N-methyl/N-ethyl adjacent to an activating group) is 1. The zero-order valence-electron chi connectivity index (χ0n) is 13.0. The van der Waals surface area contributed by atoms with E-state index in [9.17, 15) is 14.4 Å². The smallest absolute Gasteiger partial charge is 0.306 e. The number of hydrogen-bond acceptors (Lipinski definition) is 4. The molecule has 1 atom stereocenters. The van der Waals surface area contributed by atoms with Crippen molar-refractivity contribution in [1.29, 1.82) is 0 Å². The quantitative estimate of drug-likeness (QED) is 0.801. The van der Waals surface area contributed by atoms with Crippen molar-refractivity contribution in [2.75, 3.05) is 39.9 Å². The van der Waals surface area contributed by atoms with Crippen LogP contribution in [0.5, 0.6) is 0 Å². The molecule has 0 spiro atoms. The Balaban J connectivity index is 1.78. The Morgan fingerprint density at radius 2 is 1.86 bits per heavy atom. The maximum atomic E-state index is 12.3. The summed E-state index contributed by atoms with van der Waals surface area (Å²) in [6.07, 6.45) is 2.65. The molecule has 0 aromatic heterocycles. The van der Waals surface area contributed by atoms with Gasteiger partial charge in [-0.15, -0.1) is 0 Å². The lowest BCUT2D eigenvalue weighted by atomic mass is 9.97. The summed E-state index contributed by atoms with van der Waals surface area (Å²) in [6, 6.07) is 0. The summed E-state index contributed by atoms with van der Waals surface area (Å²) in [6.45, 7) is 2.08. The number of hydrogen-bond donors (Lipinski definition) is 1. The maximum Gasteiger partial charge on any atom is 0.306 e. The lowest BCUT2D eigenvalue weighted by Crippen LogP contribution is -2.47. The van der Waals surface area contributed by atoms with Crippen molar-refractivity contribution in [2.45, 2.75) is 25.7 Å². The van der Waals surface area contributed by atoms with E-state index in [1.54, 1.807) is 11.9 Å². The van der Waals surface area contributed by atoms with Crippen LogP contribution in [0.4, 0.5) is 0 Å². The van der Waals surface area contributed by atoms with Gasteiger partial charge in [-0.25, -0.2) is 0 Å². The van der Waals surface area contributed by atoms with E-state index in [0.29, 0.717) is 39.1 Å². The molecule has 1 unspecified atom stereocenters. The van der Waals surface area contributed by atoms with Crippen molar-refractivity contribution in [3.8, 4) is 0 Å². The molecule has 0 saturated carbocycles. The molecule has 2 aliphatic rings. The number of rotatable bonds is 4. The van der Waals surface area contributed by atoms with Crippen molar-refractivity contribution in [3.63, 3.8) is 0 Å². The number of carboxylic acids is 1. The first-order valence-corrected chi connectivity index (χ1v) is 7.82. The summed E-state index contributed by atoms with van der Waals surface area (Å²) in [5, 5.41) is 8.96. The second-order valence-corrected chi connectivity index (χ2v) is 6.10. The number of carboxylic acid groups (broad SMARTS) is 1. The number of carbonyl (C=O) groups is 3. The van der Waals surface area contributed by atoms with Crippen LogP contribution in [0.1, 0.15) is 25.7 Å². The summed E-state index contributed by atoms with van der Waals surface area (Å²) in [4.78, 5) is 38.5. The van der Waals surface area contributed by atoms with Gasteiger partial charge in [-0.3, -0.25) is 14.4 Å². The molecule has 7 nitrogen and oxygen atoms in total. The summed E-state index contributed by atoms with van der Waals surface area (Å²) < 4.78 is 5.31. The van der Waals surface area contributed by atoms with E-state index in [4.69, 9.17) is 9.84 Å². The first kappa shape index (κ1) is 16.7. The zero-order valence-corrected chi connectivity index (χ0v) is 13.0. The van der Waals surface area contributed by atoms with Gasteiger partial charge in [0.15, 0.2) is 0 Å². The van der Waals surface area contributed by atoms with Gasteiger partial charge in [0, 0.05) is 26.7 Å². The molecule has 7 heteroatoms. The molecule has 2 heterocycles.